The SMILES string of the molecule is CNC(CN1CCC[C@H]2CCCC[C@H]21)C1CCCCC1. The van der Waals surface area contributed by atoms with Crippen LogP contribution in [0.3, 0.4) is 0 Å². The van der Waals surface area contributed by atoms with E-state index in [-0.39, 0.29) is 0 Å². The molecule has 2 aliphatic carbocycles. The van der Waals surface area contributed by atoms with Crippen LogP contribution >= 0.6 is 0 Å². The second-order valence-electron chi connectivity index (χ2n) is 7.54. The van der Waals surface area contributed by atoms with Crippen molar-refractivity contribution in [1.29, 1.82) is 0 Å². The lowest BCUT2D eigenvalue weighted by molar-refractivity contribution is 0.0447. The minimum absolute atomic E-state index is 0.746. The van der Waals surface area contributed by atoms with Gasteiger partial charge in [0.25, 0.3) is 0 Å². The third kappa shape index (κ3) is 3.39. The van der Waals surface area contributed by atoms with Gasteiger partial charge in [0.05, 0.1) is 0 Å². The second kappa shape index (κ2) is 7.26. The second-order valence-corrected chi connectivity index (χ2v) is 7.54. The first-order chi connectivity index (χ1) is 9.88. The number of likely N-dealkylation sites (tertiary alicyclic amines) is 1. The van der Waals surface area contributed by atoms with Crippen molar-refractivity contribution in [3.8, 4) is 0 Å². The van der Waals surface area contributed by atoms with Gasteiger partial charge in [0.2, 0.25) is 0 Å². The first-order valence-corrected chi connectivity index (χ1v) is 9.30. The maximum atomic E-state index is 3.67. The van der Waals surface area contributed by atoms with E-state index in [9.17, 15) is 0 Å². The quantitative estimate of drug-likeness (QED) is 0.841. The average Bonchev–Trinajstić information content (AvgIpc) is 2.53. The Bertz CT molecular complexity index is 283. The molecule has 1 aliphatic heterocycles. The van der Waals surface area contributed by atoms with Crippen LogP contribution in [0.15, 0.2) is 0 Å². The van der Waals surface area contributed by atoms with Gasteiger partial charge >= 0.3 is 0 Å². The number of likely N-dealkylation sites (N-methyl/N-ethyl adjacent to an activating group) is 1. The first-order valence-electron chi connectivity index (χ1n) is 9.30. The predicted molar refractivity (Wildman–Crippen MR) is 86.0 cm³/mol. The summed E-state index contributed by atoms with van der Waals surface area (Å²) in [6, 6.07) is 1.67. The molecule has 3 rings (SSSR count). The van der Waals surface area contributed by atoms with Gasteiger partial charge in [-0.15, -0.1) is 0 Å². The van der Waals surface area contributed by atoms with Gasteiger partial charge in [-0.05, 0) is 64.0 Å². The molecule has 1 saturated heterocycles. The fourth-order valence-electron chi connectivity index (χ4n) is 5.22. The maximum Gasteiger partial charge on any atom is 0.0220 e. The molecule has 0 radical (unpaired) electrons. The van der Waals surface area contributed by atoms with Crippen LogP contribution < -0.4 is 5.32 Å². The standard InChI is InChI=1S/C18H34N2/c1-19-17(15-8-3-2-4-9-15)14-20-13-7-11-16-10-5-6-12-18(16)20/h15-19H,2-14H2,1H3/t16-,17?,18-/m1/s1. The molecule has 2 saturated carbocycles. The van der Waals surface area contributed by atoms with Crippen molar-refractivity contribution in [2.75, 3.05) is 20.1 Å². The van der Waals surface area contributed by atoms with Gasteiger partial charge in [-0.1, -0.05) is 32.1 Å². The van der Waals surface area contributed by atoms with E-state index >= 15 is 0 Å². The Labute approximate surface area is 125 Å². The zero-order valence-corrected chi connectivity index (χ0v) is 13.4. The van der Waals surface area contributed by atoms with Crippen molar-refractivity contribution in [3.05, 3.63) is 0 Å². The highest BCUT2D eigenvalue weighted by molar-refractivity contribution is 4.90. The molecule has 1 N–H and O–H groups in total. The molecule has 2 nitrogen and oxygen atoms in total. The first kappa shape index (κ1) is 14.8. The highest BCUT2D eigenvalue weighted by Gasteiger charge is 2.35. The summed E-state index contributed by atoms with van der Waals surface area (Å²) in [7, 11) is 2.20. The molecular formula is C18H34N2. The molecule has 2 heteroatoms. The van der Waals surface area contributed by atoms with Gasteiger partial charge in [0, 0.05) is 18.6 Å². The summed E-state index contributed by atoms with van der Waals surface area (Å²) in [4.78, 5) is 2.88. The van der Waals surface area contributed by atoms with Gasteiger partial charge in [-0.25, -0.2) is 0 Å². The van der Waals surface area contributed by atoms with E-state index in [1.807, 2.05) is 0 Å². The normalized spacial score (nSPS) is 34.6. The van der Waals surface area contributed by atoms with E-state index in [1.54, 1.807) is 0 Å². The Morgan fingerprint density at radius 1 is 0.900 bits per heavy atom. The van der Waals surface area contributed by atoms with Gasteiger partial charge in [0.15, 0.2) is 0 Å². The maximum absolute atomic E-state index is 3.67. The number of fused-ring (bicyclic) bond motifs is 1. The van der Waals surface area contributed by atoms with Crippen molar-refractivity contribution >= 4 is 0 Å². The number of hydrogen-bond acceptors (Lipinski definition) is 2. The van der Waals surface area contributed by atoms with Crippen LogP contribution in [0.4, 0.5) is 0 Å². The Kier molecular flexibility index (Phi) is 5.39. The molecule has 3 atom stereocenters. The number of nitrogens with zero attached hydrogens (tertiary/aromatic N) is 1. The highest BCUT2D eigenvalue weighted by atomic mass is 15.2. The van der Waals surface area contributed by atoms with Crippen molar-refractivity contribution < 1.29 is 0 Å². The van der Waals surface area contributed by atoms with Gasteiger partial charge < -0.3 is 5.32 Å². The molecule has 0 aromatic rings. The minimum Gasteiger partial charge on any atom is -0.315 e. The van der Waals surface area contributed by atoms with Gasteiger partial charge in [0.1, 0.15) is 0 Å². The van der Waals surface area contributed by atoms with Crippen molar-refractivity contribution in [1.82, 2.24) is 10.2 Å². The molecule has 3 fully saturated rings. The Hall–Kier alpha value is -0.0800. The van der Waals surface area contributed by atoms with Crippen molar-refractivity contribution in [2.24, 2.45) is 11.8 Å². The molecule has 0 spiro atoms. The van der Waals surface area contributed by atoms with Crippen LogP contribution in [0.1, 0.15) is 70.6 Å². The largest absolute Gasteiger partial charge is 0.315 e. The number of nitrogens with one attached hydrogen (secondary N) is 1. The Balaban J connectivity index is 1.58. The summed E-state index contributed by atoms with van der Waals surface area (Å²) in [5, 5.41) is 3.67. The van der Waals surface area contributed by atoms with E-state index in [1.165, 1.54) is 83.7 Å². The number of piperidine rings is 1. The summed E-state index contributed by atoms with van der Waals surface area (Å²) < 4.78 is 0. The lowest BCUT2D eigenvalue weighted by Gasteiger charge is -2.46. The third-order valence-electron chi connectivity index (χ3n) is 6.38. The van der Waals surface area contributed by atoms with Crippen LogP contribution in [-0.2, 0) is 0 Å². The van der Waals surface area contributed by atoms with E-state index in [2.05, 4.69) is 17.3 Å². The number of rotatable bonds is 4. The van der Waals surface area contributed by atoms with Gasteiger partial charge in [-0.3, -0.25) is 4.90 Å². The van der Waals surface area contributed by atoms with Crippen LogP contribution in [0.2, 0.25) is 0 Å². The molecular weight excluding hydrogens is 244 g/mol. The molecule has 20 heavy (non-hydrogen) atoms. The van der Waals surface area contributed by atoms with Crippen LogP contribution in [0, 0.1) is 11.8 Å². The Morgan fingerprint density at radius 3 is 2.40 bits per heavy atom. The third-order valence-corrected chi connectivity index (χ3v) is 6.38. The average molecular weight is 278 g/mol. The van der Waals surface area contributed by atoms with Crippen LogP contribution in [0.25, 0.3) is 0 Å². The lowest BCUT2D eigenvalue weighted by atomic mass is 9.77. The Morgan fingerprint density at radius 2 is 1.60 bits per heavy atom. The topological polar surface area (TPSA) is 15.3 Å². The fourth-order valence-corrected chi connectivity index (χ4v) is 5.22. The van der Waals surface area contributed by atoms with E-state index in [0.717, 1.165) is 23.9 Å². The highest BCUT2D eigenvalue weighted by Crippen LogP contribution is 2.36. The van der Waals surface area contributed by atoms with E-state index in [4.69, 9.17) is 0 Å². The number of hydrogen-bond donors (Lipinski definition) is 1. The minimum atomic E-state index is 0.746. The molecule has 0 aromatic carbocycles. The molecule has 0 bridgehead atoms. The fraction of sp³-hybridized carbons (Fsp3) is 1.00. The molecule has 1 heterocycles. The summed E-state index contributed by atoms with van der Waals surface area (Å²) >= 11 is 0. The smallest absolute Gasteiger partial charge is 0.0220 e. The summed E-state index contributed by atoms with van der Waals surface area (Å²) in [5.41, 5.74) is 0. The molecule has 0 aromatic heterocycles. The molecule has 1 unspecified atom stereocenters. The van der Waals surface area contributed by atoms with Crippen molar-refractivity contribution in [3.63, 3.8) is 0 Å². The zero-order valence-electron chi connectivity index (χ0n) is 13.4. The molecule has 3 aliphatic rings. The summed E-state index contributed by atoms with van der Waals surface area (Å²) in [5.74, 6) is 1.97. The van der Waals surface area contributed by atoms with Crippen LogP contribution in [0.5, 0.6) is 0 Å². The summed E-state index contributed by atoms with van der Waals surface area (Å²) in [6.45, 7) is 2.69. The van der Waals surface area contributed by atoms with Gasteiger partial charge in [-0.2, -0.15) is 0 Å². The van der Waals surface area contributed by atoms with Crippen LogP contribution in [-0.4, -0.2) is 37.1 Å². The van der Waals surface area contributed by atoms with Crippen molar-refractivity contribution in [2.45, 2.75) is 82.7 Å². The molecule has 116 valence electrons. The van der Waals surface area contributed by atoms with E-state index in [0.29, 0.717) is 0 Å². The zero-order chi connectivity index (χ0) is 13.8. The summed E-state index contributed by atoms with van der Waals surface area (Å²) in [6.07, 6.45) is 16.3. The monoisotopic (exact) mass is 278 g/mol. The lowest BCUT2D eigenvalue weighted by Crippen LogP contribution is -2.53. The predicted octanol–water partition coefficient (Wildman–Crippen LogP) is 3.81. The van der Waals surface area contributed by atoms with E-state index < -0.39 is 0 Å². The molecule has 0 amide bonds.